The first-order valence-electron chi connectivity index (χ1n) is 7.13. The van der Waals surface area contributed by atoms with Gasteiger partial charge in [-0.05, 0) is 43.4 Å². The number of amides is 1. The van der Waals surface area contributed by atoms with Crippen molar-refractivity contribution >= 4 is 15.7 Å². The van der Waals surface area contributed by atoms with Crippen LogP contribution in [0.5, 0.6) is 11.5 Å². The number of hydrogen-bond donors (Lipinski definition) is 3. The van der Waals surface area contributed by atoms with Gasteiger partial charge in [0.1, 0.15) is 17.5 Å². The summed E-state index contributed by atoms with van der Waals surface area (Å²) in [7, 11) is -2.27. The summed E-state index contributed by atoms with van der Waals surface area (Å²) in [6.45, 7) is 0. The van der Waals surface area contributed by atoms with Crippen LogP contribution in [-0.2, 0) is 14.6 Å². The Labute approximate surface area is 140 Å². The van der Waals surface area contributed by atoms with E-state index in [0.717, 1.165) is 0 Å². The highest BCUT2D eigenvalue weighted by atomic mass is 32.2. The highest BCUT2D eigenvalue weighted by molar-refractivity contribution is 7.91. The molecule has 24 heavy (non-hydrogen) atoms. The number of hydrogen-bond acceptors (Lipinski definition) is 6. The Morgan fingerprint density at radius 1 is 1.08 bits per heavy atom. The summed E-state index contributed by atoms with van der Waals surface area (Å²) in [5.74, 6) is -0.152. The Morgan fingerprint density at radius 2 is 1.67 bits per heavy atom. The van der Waals surface area contributed by atoms with Crippen molar-refractivity contribution in [3.63, 3.8) is 0 Å². The number of carbonyl (C=O) groups is 1. The number of nitrogens with one attached hydrogen (secondary N) is 2. The molecule has 0 saturated carbocycles. The zero-order chi connectivity index (χ0) is 17.6. The van der Waals surface area contributed by atoms with Gasteiger partial charge in [-0.15, -0.1) is 0 Å². The molecule has 0 aliphatic carbocycles. The summed E-state index contributed by atoms with van der Waals surface area (Å²) in [5.41, 5.74) is 1.44. The summed E-state index contributed by atoms with van der Waals surface area (Å²) in [6.07, 6.45) is 0. The molecule has 8 heteroatoms. The second-order valence-corrected chi connectivity index (χ2v) is 7.02. The van der Waals surface area contributed by atoms with E-state index >= 15 is 0 Å². The molecule has 0 bridgehead atoms. The summed E-state index contributed by atoms with van der Waals surface area (Å²) in [5, 5.41) is 11.2. The van der Waals surface area contributed by atoms with Gasteiger partial charge in [-0.1, -0.05) is 18.2 Å². The summed E-state index contributed by atoms with van der Waals surface area (Å²) in [4.78, 5) is 11.5. The van der Waals surface area contributed by atoms with E-state index in [-0.39, 0.29) is 4.90 Å². The molecule has 0 radical (unpaired) electrons. The average molecular weight is 350 g/mol. The standard InChI is InChI=1S/C16H18N2O5S/c1-17-15(16(19)18-20)11-24(21,22)14-9-7-13(8-10-14)23-12-5-3-2-4-6-12/h2-10,15,17,20H,11H2,1H3,(H,18,19)/t15-/m0/s1. The van der Waals surface area contributed by atoms with E-state index in [9.17, 15) is 13.2 Å². The minimum atomic E-state index is -3.71. The number of rotatable bonds is 7. The number of para-hydroxylation sites is 1. The van der Waals surface area contributed by atoms with Crippen LogP contribution in [0.4, 0.5) is 0 Å². The van der Waals surface area contributed by atoms with Crippen molar-refractivity contribution in [3.05, 3.63) is 54.6 Å². The quantitative estimate of drug-likeness (QED) is 0.514. The Bertz CT molecular complexity index is 776. The maximum absolute atomic E-state index is 12.3. The predicted molar refractivity (Wildman–Crippen MR) is 87.8 cm³/mol. The molecule has 0 saturated heterocycles. The SMILES string of the molecule is CN[C@@H](CS(=O)(=O)c1ccc(Oc2ccccc2)cc1)C(=O)NO. The molecule has 0 aromatic heterocycles. The van der Waals surface area contributed by atoms with Crippen LogP contribution in [0.2, 0.25) is 0 Å². The van der Waals surface area contributed by atoms with Crippen LogP contribution < -0.4 is 15.5 Å². The first-order valence-corrected chi connectivity index (χ1v) is 8.78. The lowest BCUT2D eigenvalue weighted by Gasteiger charge is -2.14. The molecule has 0 spiro atoms. The van der Waals surface area contributed by atoms with Crippen molar-refractivity contribution in [3.8, 4) is 11.5 Å². The number of hydroxylamine groups is 1. The molecule has 0 aliphatic rings. The molecular weight excluding hydrogens is 332 g/mol. The minimum Gasteiger partial charge on any atom is -0.457 e. The van der Waals surface area contributed by atoms with Crippen LogP contribution in [0.3, 0.4) is 0 Å². The van der Waals surface area contributed by atoms with Crippen LogP contribution >= 0.6 is 0 Å². The van der Waals surface area contributed by atoms with Crippen LogP contribution in [0.15, 0.2) is 59.5 Å². The van der Waals surface area contributed by atoms with Crippen LogP contribution in [0, 0.1) is 0 Å². The van der Waals surface area contributed by atoms with E-state index < -0.39 is 27.5 Å². The van der Waals surface area contributed by atoms with Gasteiger partial charge in [0.25, 0.3) is 5.91 Å². The average Bonchev–Trinajstić information content (AvgIpc) is 2.60. The van der Waals surface area contributed by atoms with Gasteiger partial charge in [-0.3, -0.25) is 10.0 Å². The lowest BCUT2D eigenvalue weighted by atomic mass is 10.3. The molecule has 3 N–H and O–H groups in total. The van der Waals surface area contributed by atoms with Crippen molar-refractivity contribution in [2.24, 2.45) is 0 Å². The van der Waals surface area contributed by atoms with Gasteiger partial charge in [0.15, 0.2) is 9.84 Å². The van der Waals surface area contributed by atoms with Crippen molar-refractivity contribution in [1.29, 1.82) is 0 Å². The lowest BCUT2D eigenvalue weighted by molar-refractivity contribution is -0.130. The van der Waals surface area contributed by atoms with Crippen LogP contribution in [0.25, 0.3) is 0 Å². The molecular formula is C16H18N2O5S. The van der Waals surface area contributed by atoms with E-state index in [1.807, 2.05) is 18.2 Å². The third-order valence-electron chi connectivity index (χ3n) is 3.32. The highest BCUT2D eigenvalue weighted by Crippen LogP contribution is 2.23. The molecule has 1 atom stereocenters. The van der Waals surface area contributed by atoms with Crippen LogP contribution in [0.1, 0.15) is 0 Å². The van der Waals surface area contributed by atoms with Gasteiger partial charge in [0.05, 0.1) is 10.6 Å². The Hall–Kier alpha value is -2.42. The molecule has 2 aromatic carbocycles. The van der Waals surface area contributed by atoms with Gasteiger partial charge in [-0.25, -0.2) is 13.9 Å². The second-order valence-electron chi connectivity index (χ2n) is 4.99. The van der Waals surface area contributed by atoms with E-state index in [1.165, 1.54) is 24.7 Å². The third kappa shape index (κ3) is 4.54. The third-order valence-corrected chi connectivity index (χ3v) is 5.09. The summed E-state index contributed by atoms with van der Waals surface area (Å²) in [6, 6.07) is 14.0. The largest absolute Gasteiger partial charge is 0.457 e. The van der Waals surface area contributed by atoms with E-state index in [0.29, 0.717) is 11.5 Å². The van der Waals surface area contributed by atoms with Gasteiger partial charge < -0.3 is 10.1 Å². The zero-order valence-electron chi connectivity index (χ0n) is 13.0. The van der Waals surface area contributed by atoms with Crippen molar-refractivity contribution in [1.82, 2.24) is 10.8 Å². The molecule has 2 aromatic rings. The van der Waals surface area contributed by atoms with E-state index in [2.05, 4.69) is 5.32 Å². The fourth-order valence-electron chi connectivity index (χ4n) is 2.02. The molecule has 0 heterocycles. The number of carbonyl (C=O) groups excluding carboxylic acids is 1. The molecule has 0 unspecified atom stereocenters. The van der Waals surface area contributed by atoms with Crippen LogP contribution in [-0.4, -0.2) is 38.4 Å². The van der Waals surface area contributed by atoms with Crippen molar-refractivity contribution in [2.75, 3.05) is 12.8 Å². The lowest BCUT2D eigenvalue weighted by Crippen LogP contribution is -2.45. The number of likely N-dealkylation sites (N-methyl/N-ethyl adjacent to an activating group) is 1. The molecule has 1 amide bonds. The maximum Gasteiger partial charge on any atom is 0.261 e. The first-order chi connectivity index (χ1) is 11.5. The van der Waals surface area contributed by atoms with Crippen molar-refractivity contribution in [2.45, 2.75) is 10.9 Å². The Balaban J connectivity index is 2.12. The number of ether oxygens (including phenoxy) is 1. The summed E-state index contributed by atoms with van der Waals surface area (Å²) < 4.78 is 30.3. The Kier molecular flexibility index (Phi) is 5.91. The molecule has 7 nitrogen and oxygen atoms in total. The molecule has 0 fully saturated rings. The maximum atomic E-state index is 12.3. The fraction of sp³-hybridized carbons (Fsp3) is 0.188. The minimum absolute atomic E-state index is 0.0638. The number of benzene rings is 2. The van der Waals surface area contributed by atoms with Gasteiger partial charge >= 0.3 is 0 Å². The first kappa shape index (κ1) is 17.9. The fourth-order valence-corrected chi connectivity index (χ4v) is 3.52. The topological polar surface area (TPSA) is 105 Å². The zero-order valence-corrected chi connectivity index (χ0v) is 13.8. The predicted octanol–water partition coefficient (Wildman–Crippen LogP) is 1.35. The number of sulfone groups is 1. The molecule has 128 valence electrons. The Morgan fingerprint density at radius 3 is 2.21 bits per heavy atom. The smallest absolute Gasteiger partial charge is 0.261 e. The second kappa shape index (κ2) is 7.91. The monoisotopic (exact) mass is 350 g/mol. The summed E-state index contributed by atoms with van der Waals surface area (Å²) >= 11 is 0. The molecule has 0 aliphatic heterocycles. The van der Waals surface area contributed by atoms with Crippen molar-refractivity contribution < 1.29 is 23.2 Å². The normalized spacial score (nSPS) is 12.4. The van der Waals surface area contributed by atoms with E-state index in [4.69, 9.17) is 9.94 Å². The van der Waals surface area contributed by atoms with Gasteiger partial charge in [0.2, 0.25) is 0 Å². The van der Waals surface area contributed by atoms with E-state index in [1.54, 1.807) is 24.3 Å². The van der Waals surface area contributed by atoms with Gasteiger partial charge in [0, 0.05) is 0 Å². The highest BCUT2D eigenvalue weighted by Gasteiger charge is 2.25. The van der Waals surface area contributed by atoms with Gasteiger partial charge in [-0.2, -0.15) is 0 Å². The molecule has 2 rings (SSSR count).